The number of nitrogens with zero attached hydrogens (tertiary/aromatic N) is 2. The van der Waals surface area contributed by atoms with Crippen LogP contribution in [0.5, 0.6) is 5.75 Å². The molecular weight excluding hydrogens is 226 g/mol. The van der Waals surface area contributed by atoms with Crippen molar-refractivity contribution in [3.63, 3.8) is 0 Å². The van der Waals surface area contributed by atoms with Crippen LogP contribution in [0.4, 0.5) is 5.69 Å². The van der Waals surface area contributed by atoms with E-state index in [-0.39, 0.29) is 0 Å². The molecule has 0 atom stereocenters. The molecule has 0 aliphatic carbocycles. The van der Waals surface area contributed by atoms with Crippen LogP contribution in [0.2, 0.25) is 0 Å². The Balaban J connectivity index is 1.83. The minimum absolute atomic E-state index is 0.573. The molecule has 0 heterocycles. The summed E-state index contributed by atoms with van der Waals surface area (Å²) in [5.41, 5.74) is 4.89. The van der Waals surface area contributed by atoms with Crippen LogP contribution in [-0.4, -0.2) is 7.11 Å². The van der Waals surface area contributed by atoms with Gasteiger partial charge in [0, 0.05) is 0 Å². The molecular formula is C14H15N3O. The maximum absolute atomic E-state index is 5.07. The number of nitrogens with one attached hydrogen (secondary N) is 1. The molecule has 4 heteroatoms. The topological polar surface area (TPSA) is 46.0 Å². The summed E-state index contributed by atoms with van der Waals surface area (Å²) in [4.78, 5) is 0. The lowest BCUT2D eigenvalue weighted by Crippen LogP contribution is -1.88. The van der Waals surface area contributed by atoms with E-state index in [0.717, 1.165) is 17.0 Å². The fraction of sp³-hybridized carbons (Fsp3) is 0.143. The van der Waals surface area contributed by atoms with Crippen molar-refractivity contribution in [1.29, 1.82) is 0 Å². The smallest absolute Gasteiger partial charge is 0.119 e. The summed E-state index contributed by atoms with van der Waals surface area (Å²) in [5.74, 6) is 0.821. The Bertz CT molecular complexity index is 494. The van der Waals surface area contributed by atoms with E-state index in [4.69, 9.17) is 4.74 Å². The summed E-state index contributed by atoms with van der Waals surface area (Å²) >= 11 is 0. The largest absolute Gasteiger partial charge is 0.497 e. The average Bonchev–Trinajstić information content (AvgIpc) is 2.45. The van der Waals surface area contributed by atoms with E-state index < -0.39 is 0 Å². The first-order valence-corrected chi connectivity index (χ1v) is 5.69. The van der Waals surface area contributed by atoms with E-state index in [1.54, 1.807) is 7.11 Å². The van der Waals surface area contributed by atoms with Gasteiger partial charge >= 0.3 is 0 Å². The molecule has 0 spiro atoms. The number of anilines is 1. The minimum atomic E-state index is 0.573. The molecule has 1 N–H and O–H groups in total. The van der Waals surface area contributed by atoms with Gasteiger partial charge in [-0.3, -0.25) is 5.43 Å². The van der Waals surface area contributed by atoms with Gasteiger partial charge in [-0.25, -0.2) is 0 Å². The van der Waals surface area contributed by atoms with E-state index in [0.29, 0.717) is 6.54 Å². The van der Waals surface area contributed by atoms with Crippen molar-refractivity contribution >= 4 is 5.69 Å². The van der Waals surface area contributed by atoms with E-state index in [1.807, 2.05) is 54.6 Å². The molecule has 0 fully saturated rings. The highest BCUT2D eigenvalue weighted by atomic mass is 16.5. The maximum Gasteiger partial charge on any atom is 0.119 e. The number of hydrogen-bond donors (Lipinski definition) is 1. The monoisotopic (exact) mass is 241 g/mol. The second-order valence-electron chi connectivity index (χ2n) is 3.73. The second kappa shape index (κ2) is 6.39. The molecule has 0 saturated carbocycles. The van der Waals surface area contributed by atoms with Crippen LogP contribution in [0, 0.1) is 0 Å². The SMILES string of the molecule is COc1ccc(NN=NCc2ccccc2)cc1. The van der Waals surface area contributed by atoms with Gasteiger partial charge in [0.05, 0.1) is 19.3 Å². The fourth-order valence-electron chi connectivity index (χ4n) is 1.46. The molecule has 0 amide bonds. The lowest BCUT2D eigenvalue weighted by atomic mass is 10.2. The van der Waals surface area contributed by atoms with Crippen molar-refractivity contribution in [3.8, 4) is 5.75 Å². The Morgan fingerprint density at radius 3 is 2.39 bits per heavy atom. The zero-order chi connectivity index (χ0) is 12.6. The molecule has 92 valence electrons. The predicted octanol–water partition coefficient (Wildman–Crippen LogP) is 3.67. The minimum Gasteiger partial charge on any atom is -0.497 e. The summed E-state index contributed by atoms with van der Waals surface area (Å²) < 4.78 is 5.07. The Morgan fingerprint density at radius 2 is 1.72 bits per heavy atom. The molecule has 2 rings (SSSR count). The van der Waals surface area contributed by atoms with Gasteiger partial charge in [0.1, 0.15) is 5.75 Å². The highest BCUT2D eigenvalue weighted by molar-refractivity contribution is 5.45. The van der Waals surface area contributed by atoms with E-state index in [2.05, 4.69) is 15.8 Å². The summed E-state index contributed by atoms with van der Waals surface area (Å²) in [6.07, 6.45) is 0. The van der Waals surface area contributed by atoms with Gasteiger partial charge in [0.25, 0.3) is 0 Å². The number of hydrogen-bond acceptors (Lipinski definition) is 3. The van der Waals surface area contributed by atoms with Crippen molar-refractivity contribution < 1.29 is 4.74 Å². The van der Waals surface area contributed by atoms with E-state index in [1.165, 1.54) is 0 Å². The molecule has 0 aromatic heterocycles. The van der Waals surface area contributed by atoms with Crippen molar-refractivity contribution in [2.24, 2.45) is 10.3 Å². The lowest BCUT2D eigenvalue weighted by molar-refractivity contribution is 0.415. The third-order valence-corrected chi connectivity index (χ3v) is 2.44. The average molecular weight is 241 g/mol. The Morgan fingerprint density at radius 1 is 1.00 bits per heavy atom. The van der Waals surface area contributed by atoms with Crippen molar-refractivity contribution in [2.45, 2.75) is 6.54 Å². The fourth-order valence-corrected chi connectivity index (χ4v) is 1.46. The highest BCUT2D eigenvalue weighted by Crippen LogP contribution is 2.14. The number of benzene rings is 2. The Kier molecular flexibility index (Phi) is 4.30. The zero-order valence-electron chi connectivity index (χ0n) is 10.2. The Hall–Kier alpha value is -2.36. The summed E-state index contributed by atoms with van der Waals surface area (Å²) in [6.45, 7) is 0.573. The van der Waals surface area contributed by atoms with Gasteiger partial charge in [0.15, 0.2) is 0 Å². The van der Waals surface area contributed by atoms with Crippen LogP contribution in [0.25, 0.3) is 0 Å². The van der Waals surface area contributed by atoms with Crippen molar-refractivity contribution in [1.82, 2.24) is 0 Å². The van der Waals surface area contributed by atoms with Crippen molar-refractivity contribution in [2.75, 3.05) is 12.5 Å². The van der Waals surface area contributed by atoms with Gasteiger partial charge in [-0.05, 0) is 29.8 Å². The molecule has 0 radical (unpaired) electrons. The van der Waals surface area contributed by atoms with Gasteiger partial charge < -0.3 is 4.74 Å². The first kappa shape index (κ1) is 12.1. The summed E-state index contributed by atoms with van der Waals surface area (Å²) in [5, 5.41) is 7.99. The molecule has 0 aliphatic heterocycles. The van der Waals surface area contributed by atoms with Crippen LogP contribution >= 0.6 is 0 Å². The van der Waals surface area contributed by atoms with Crippen LogP contribution in [0.1, 0.15) is 5.56 Å². The number of ether oxygens (including phenoxy) is 1. The molecule has 0 saturated heterocycles. The van der Waals surface area contributed by atoms with Gasteiger partial charge in [0.2, 0.25) is 0 Å². The third kappa shape index (κ3) is 3.59. The van der Waals surface area contributed by atoms with Gasteiger partial charge in [-0.1, -0.05) is 35.6 Å². The first-order chi connectivity index (χ1) is 8.88. The van der Waals surface area contributed by atoms with Crippen molar-refractivity contribution in [3.05, 3.63) is 60.2 Å². The first-order valence-electron chi connectivity index (χ1n) is 5.69. The number of rotatable bonds is 5. The predicted molar refractivity (Wildman–Crippen MR) is 71.6 cm³/mol. The zero-order valence-corrected chi connectivity index (χ0v) is 10.2. The molecule has 0 aliphatic rings. The van der Waals surface area contributed by atoms with Crippen LogP contribution in [0.15, 0.2) is 64.9 Å². The third-order valence-electron chi connectivity index (χ3n) is 2.44. The highest BCUT2D eigenvalue weighted by Gasteiger charge is 1.92. The molecule has 0 bridgehead atoms. The van der Waals surface area contributed by atoms with Gasteiger partial charge in [-0.15, -0.1) is 0 Å². The second-order valence-corrected chi connectivity index (χ2v) is 3.73. The summed E-state index contributed by atoms with van der Waals surface area (Å²) in [7, 11) is 1.64. The van der Waals surface area contributed by atoms with E-state index in [9.17, 15) is 0 Å². The molecule has 4 nitrogen and oxygen atoms in total. The maximum atomic E-state index is 5.07. The lowest BCUT2D eigenvalue weighted by Gasteiger charge is -2.01. The molecule has 0 unspecified atom stereocenters. The molecule has 2 aromatic rings. The van der Waals surface area contributed by atoms with E-state index >= 15 is 0 Å². The molecule has 18 heavy (non-hydrogen) atoms. The van der Waals surface area contributed by atoms with Crippen LogP contribution < -0.4 is 10.2 Å². The van der Waals surface area contributed by atoms with Crippen LogP contribution in [0.3, 0.4) is 0 Å². The quantitative estimate of drug-likeness (QED) is 0.641. The van der Waals surface area contributed by atoms with Crippen LogP contribution in [-0.2, 0) is 6.54 Å². The number of methoxy groups -OCH3 is 1. The van der Waals surface area contributed by atoms with Gasteiger partial charge in [-0.2, -0.15) is 5.11 Å². The summed E-state index contributed by atoms with van der Waals surface area (Å²) in [6, 6.07) is 17.5. The standard InChI is InChI=1S/C14H15N3O/c1-18-14-9-7-13(8-10-14)16-17-15-11-12-5-3-2-4-6-12/h2-10H,11H2,1H3,(H,15,16). The normalized spacial score (nSPS) is 10.5. The Labute approximate surface area is 106 Å². The molecule has 2 aromatic carbocycles.